The van der Waals surface area contributed by atoms with E-state index in [9.17, 15) is 14.2 Å². The molecule has 2 atom stereocenters. The molecule has 0 aromatic heterocycles. The summed E-state index contributed by atoms with van der Waals surface area (Å²) in [4.78, 5) is 39.3. The Hall–Kier alpha value is -0.290. The van der Waals surface area contributed by atoms with Gasteiger partial charge < -0.3 is 32.3 Å². The average molecular weight is 360 g/mol. The van der Waals surface area contributed by atoms with Gasteiger partial charge in [0.2, 0.25) is 11.8 Å². The number of carbonyl (C=O) groups excluding carboxylic acids is 2. The lowest BCUT2D eigenvalue weighted by molar-refractivity contribution is -0.122. The molecule has 0 bridgehead atoms. The number of nitrogens with two attached hydrogens (primary N) is 3. The lowest BCUT2D eigenvalue weighted by Crippen LogP contribution is -2.41. The van der Waals surface area contributed by atoms with Gasteiger partial charge >= 0.3 is 7.60 Å². The molecule has 0 aliphatic carbocycles. The van der Waals surface area contributed by atoms with E-state index in [1.54, 1.807) is 0 Å². The van der Waals surface area contributed by atoms with E-state index in [2.05, 4.69) is 5.32 Å². The summed E-state index contributed by atoms with van der Waals surface area (Å²) in [5.74, 6) is 0.0964. The number of primary amides is 1. The normalized spacial score (nSPS) is 14.5. The van der Waals surface area contributed by atoms with Crippen molar-refractivity contribution in [1.29, 1.82) is 0 Å². The van der Waals surface area contributed by atoms with Crippen molar-refractivity contribution in [3.05, 3.63) is 0 Å². The minimum atomic E-state index is -4.26. The summed E-state index contributed by atoms with van der Waals surface area (Å²) in [6.07, 6.45) is 0.126. The van der Waals surface area contributed by atoms with Crippen LogP contribution in [-0.2, 0) is 14.2 Å². The third-order valence-corrected chi connectivity index (χ3v) is 5.31. The van der Waals surface area contributed by atoms with Crippen molar-refractivity contribution in [2.75, 3.05) is 17.8 Å². The van der Waals surface area contributed by atoms with E-state index in [0.29, 0.717) is 24.3 Å². The van der Waals surface area contributed by atoms with Gasteiger partial charge in [-0.1, -0.05) is 21.6 Å². The monoisotopic (exact) mass is 360 g/mol. The number of hydrogen-bond donors (Lipinski definition) is 6. The molecule has 124 valence electrons. The summed E-state index contributed by atoms with van der Waals surface area (Å²) in [7, 11) is -1.30. The van der Waals surface area contributed by atoms with Crippen molar-refractivity contribution in [3.8, 4) is 0 Å². The fraction of sp³-hybridized carbons (Fsp3) is 0.778. The van der Waals surface area contributed by atoms with E-state index >= 15 is 0 Å². The summed E-state index contributed by atoms with van der Waals surface area (Å²) in [6, 6.07) is -1.48. The average Bonchev–Trinajstić information content (AvgIpc) is 2.38. The maximum absolute atomic E-state index is 11.4. The molecule has 9 nitrogen and oxygen atoms in total. The molecule has 0 spiro atoms. The molecule has 0 rings (SSSR count). The SMILES string of the molecule is NC(=O)C(N)CCSSCC[C@H](N)C(=O)NCP(=O)(O)O. The van der Waals surface area contributed by atoms with Crippen LogP contribution in [0.5, 0.6) is 0 Å². The van der Waals surface area contributed by atoms with Crippen molar-refractivity contribution in [2.24, 2.45) is 17.2 Å². The van der Waals surface area contributed by atoms with Crippen LogP contribution in [-0.4, -0.2) is 51.5 Å². The number of amides is 2. The van der Waals surface area contributed by atoms with Crippen LogP contribution in [0.15, 0.2) is 0 Å². The van der Waals surface area contributed by atoms with Crippen LogP contribution in [0.4, 0.5) is 0 Å². The Balaban J connectivity index is 3.66. The minimum Gasteiger partial charge on any atom is -0.368 e. The third kappa shape index (κ3) is 12.0. The summed E-state index contributed by atoms with van der Waals surface area (Å²) in [6.45, 7) is 0. The van der Waals surface area contributed by atoms with Gasteiger partial charge in [0, 0.05) is 11.5 Å². The largest absolute Gasteiger partial charge is 0.368 e. The van der Waals surface area contributed by atoms with E-state index in [1.807, 2.05) is 0 Å². The Morgan fingerprint density at radius 2 is 1.57 bits per heavy atom. The molecule has 12 heteroatoms. The van der Waals surface area contributed by atoms with Crippen molar-refractivity contribution in [1.82, 2.24) is 5.32 Å². The zero-order valence-electron chi connectivity index (χ0n) is 11.3. The van der Waals surface area contributed by atoms with Crippen molar-refractivity contribution < 1.29 is 23.9 Å². The van der Waals surface area contributed by atoms with E-state index in [-0.39, 0.29) is 0 Å². The molecule has 0 heterocycles. The molecule has 0 fully saturated rings. The maximum Gasteiger partial charge on any atom is 0.344 e. The predicted molar refractivity (Wildman–Crippen MR) is 84.3 cm³/mol. The number of nitrogens with one attached hydrogen (secondary N) is 1. The lowest BCUT2D eigenvalue weighted by Gasteiger charge is -2.12. The van der Waals surface area contributed by atoms with Gasteiger partial charge in [0.1, 0.15) is 6.29 Å². The second kappa shape index (κ2) is 10.4. The van der Waals surface area contributed by atoms with Gasteiger partial charge in [-0.15, -0.1) is 0 Å². The molecule has 2 amide bonds. The molecular weight excluding hydrogens is 339 g/mol. The van der Waals surface area contributed by atoms with E-state index < -0.39 is 37.8 Å². The van der Waals surface area contributed by atoms with Crippen LogP contribution in [0.3, 0.4) is 0 Å². The molecule has 0 aliphatic rings. The highest BCUT2D eigenvalue weighted by Gasteiger charge is 2.18. The van der Waals surface area contributed by atoms with Gasteiger partial charge in [-0.25, -0.2) is 0 Å². The highest BCUT2D eigenvalue weighted by atomic mass is 33.1. The maximum atomic E-state index is 11.4. The van der Waals surface area contributed by atoms with Gasteiger partial charge in [0.25, 0.3) is 0 Å². The van der Waals surface area contributed by atoms with Crippen molar-refractivity contribution in [3.63, 3.8) is 0 Å². The second-order valence-corrected chi connectivity index (χ2v) is 8.55. The van der Waals surface area contributed by atoms with Crippen LogP contribution in [0.2, 0.25) is 0 Å². The minimum absolute atomic E-state index is 0.368. The highest BCUT2D eigenvalue weighted by Crippen LogP contribution is 2.32. The Kier molecular flexibility index (Phi) is 10.3. The molecule has 0 saturated heterocycles. The lowest BCUT2D eigenvalue weighted by atomic mass is 10.2. The van der Waals surface area contributed by atoms with Gasteiger partial charge in [0.05, 0.1) is 12.1 Å². The first-order valence-corrected chi connectivity index (χ1v) is 10.3. The zero-order chi connectivity index (χ0) is 16.5. The number of hydrogen-bond acceptors (Lipinski definition) is 7. The zero-order valence-corrected chi connectivity index (χ0v) is 13.8. The molecule has 9 N–H and O–H groups in total. The number of rotatable bonds is 11. The predicted octanol–water partition coefficient (Wildman–Crippen LogP) is -1.46. The highest BCUT2D eigenvalue weighted by molar-refractivity contribution is 8.76. The summed E-state index contributed by atoms with van der Waals surface area (Å²) in [5, 5.41) is 2.09. The molecule has 0 saturated carbocycles. The fourth-order valence-electron chi connectivity index (χ4n) is 1.05. The van der Waals surface area contributed by atoms with Crippen LogP contribution in [0.25, 0.3) is 0 Å². The molecule has 0 radical (unpaired) electrons. The van der Waals surface area contributed by atoms with Crippen LogP contribution < -0.4 is 22.5 Å². The van der Waals surface area contributed by atoms with Gasteiger partial charge in [-0.05, 0) is 12.8 Å². The quantitative estimate of drug-likeness (QED) is 0.146. The summed E-state index contributed by atoms with van der Waals surface area (Å²) < 4.78 is 10.6. The smallest absolute Gasteiger partial charge is 0.344 e. The summed E-state index contributed by atoms with van der Waals surface area (Å²) in [5.41, 5.74) is 16.0. The Labute approximate surface area is 130 Å². The Bertz CT molecular complexity index is 394. The Morgan fingerprint density at radius 1 is 1.10 bits per heavy atom. The molecule has 1 unspecified atom stereocenters. The Morgan fingerprint density at radius 3 is 2.00 bits per heavy atom. The van der Waals surface area contributed by atoms with E-state index in [1.165, 1.54) is 21.6 Å². The molecule has 0 aliphatic heterocycles. The molecular formula is C9H21N4O5PS2. The standard InChI is InChI=1S/C9H21N4O5PS2/c10-6(8(12)14)1-3-20-21-4-2-7(11)9(15)13-5-19(16,17)18/h6-7H,1-5,10-11H2,(H2,12,14)(H,13,15)(H2,16,17,18)/t6?,7-/m0/s1. The molecule has 0 aromatic carbocycles. The second-order valence-electron chi connectivity index (χ2n) is 4.20. The summed E-state index contributed by atoms with van der Waals surface area (Å²) >= 11 is 0. The van der Waals surface area contributed by atoms with Crippen LogP contribution >= 0.6 is 29.2 Å². The number of carbonyl (C=O) groups is 2. The van der Waals surface area contributed by atoms with Gasteiger partial charge in [-0.2, -0.15) is 0 Å². The molecule has 0 aromatic rings. The van der Waals surface area contributed by atoms with Gasteiger partial charge in [-0.3, -0.25) is 14.2 Å². The van der Waals surface area contributed by atoms with E-state index in [4.69, 9.17) is 27.0 Å². The molecule has 21 heavy (non-hydrogen) atoms. The van der Waals surface area contributed by atoms with Crippen molar-refractivity contribution >= 4 is 41.0 Å². The van der Waals surface area contributed by atoms with Crippen molar-refractivity contribution in [2.45, 2.75) is 24.9 Å². The van der Waals surface area contributed by atoms with Gasteiger partial charge in [0.15, 0.2) is 0 Å². The van der Waals surface area contributed by atoms with Crippen LogP contribution in [0, 0.1) is 0 Å². The first kappa shape index (κ1) is 20.7. The first-order chi connectivity index (χ1) is 9.63. The fourth-order valence-corrected chi connectivity index (χ4v) is 3.64. The third-order valence-electron chi connectivity index (χ3n) is 2.27. The van der Waals surface area contributed by atoms with Crippen LogP contribution in [0.1, 0.15) is 12.8 Å². The first-order valence-electron chi connectivity index (χ1n) is 6.00. The van der Waals surface area contributed by atoms with E-state index in [0.717, 1.165) is 0 Å². The topological polar surface area (TPSA) is 182 Å².